The second-order valence-electron chi connectivity index (χ2n) is 3.57. The summed E-state index contributed by atoms with van der Waals surface area (Å²) in [5.74, 6) is -2.23. The van der Waals surface area contributed by atoms with Crippen molar-refractivity contribution in [3.63, 3.8) is 0 Å². The molecule has 1 aromatic rings. The zero-order chi connectivity index (χ0) is 16.9. The van der Waals surface area contributed by atoms with Crippen molar-refractivity contribution in [3.05, 3.63) is 23.3 Å². The molecular weight excluding hydrogens is 333 g/mol. The highest BCUT2D eigenvalue weighted by molar-refractivity contribution is 8.00. The number of thioether (sulfide) groups is 1. The number of halogens is 5. The Hall–Kier alpha value is -2.02. The van der Waals surface area contributed by atoms with Gasteiger partial charge in [-0.25, -0.2) is 4.79 Å². The normalized spacial score (nSPS) is 11.2. The van der Waals surface area contributed by atoms with E-state index in [0.717, 1.165) is 12.1 Å². The van der Waals surface area contributed by atoms with Crippen LogP contribution >= 0.6 is 11.8 Å². The summed E-state index contributed by atoms with van der Waals surface area (Å²) in [6, 6.07) is 3.15. The molecule has 0 saturated carbocycles. The van der Waals surface area contributed by atoms with E-state index >= 15 is 0 Å². The predicted molar refractivity (Wildman–Crippen MR) is 65.7 cm³/mol. The first kappa shape index (κ1) is 18.0. The summed E-state index contributed by atoms with van der Waals surface area (Å²) in [6.45, 7) is -2.23. The molecule has 0 N–H and O–H groups in total. The number of carbonyl (C=O) groups is 1. The van der Waals surface area contributed by atoms with Gasteiger partial charge in [0.15, 0.2) is 5.75 Å². The van der Waals surface area contributed by atoms with E-state index in [1.54, 1.807) is 0 Å². The molecule has 0 aliphatic carbocycles. The molecule has 0 saturated heterocycles. The zero-order valence-electron chi connectivity index (χ0n) is 10.9. The molecule has 0 radical (unpaired) electrons. The lowest BCUT2D eigenvalue weighted by Crippen LogP contribution is -2.14. The first-order valence-electron chi connectivity index (χ1n) is 5.64. The smallest absolute Gasteiger partial charge is 0.446 e. The number of nitrogens with zero attached hydrogens (tertiary/aromatic N) is 1. The van der Waals surface area contributed by atoms with Gasteiger partial charge in [0.2, 0.25) is 0 Å². The maximum atomic E-state index is 12.5. The van der Waals surface area contributed by atoms with Crippen LogP contribution in [0.25, 0.3) is 0 Å². The van der Waals surface area contributed by atoms with E-state index in [1.807, 2.05) is 0 Å². The minimum atomic E-state index is -4.77. The molecule has 0 bridgehead atoms. The Labute approximate surface area is 125 Å². The van der Waals surface area contributed by atoms with E-state index in [4.69, 9.17) is 5.26 Å². The number of esters is 1. The van der Waals surface area contributed by atoms with Crippen LogP contribution in [0.15, 0.2) is 17.0 Å². The van der Waals surface area contributed by atoms with Gasteiger partial charge in [0.05, 0.1) is 12.2 Å². The standard InChI is InChI=1S/C12H8F5NO3S/c1-2-20-10(19)8-7(22-12(15,16)17)4-3-6(5-18)9(8)21-11(13)14/h3-4,11H,2H2,1H3. The van der Waals surface area contributed by atoms with E-state index in [1.165, 1.54) is 13.0 Å². The Bertz CT molecular complexity index is 598. The number of rotatable bonds is 5. The van der Waals surface area contributed by atoms with E-state index in [0.29, 0.717) is 0 Å². The van der Waals surface area contributed by atoms with Crippen molar-refractivity contribution in [1.29, 1.82) is 5.26 Å². The number of hydrogen-bond donors (Lipinski definition) is 0. The highest BCUT2D eigenvalue weighted by Gasteiger charge is 2.34. The second kappa shape index (κ2) is 7.31. The van der Waals surface area contributed by atoms with Crippen molar-refractivity contribution in [3.8, 4) is 11.8 Å². The fourth-order valence-corrected chi connectivity index (χ4v) is 2.13. The van der Waals surface area contributed by atoms with Gasteiger partial charge in [-0.2, -0.15) is 27.2 Å². The molecule has 22 heavy (non-hydrogen) atoms. The third-order valence-corrected chi connectivity index (χ3v) is 2.94. The van der Waals surface area contributed by atoms with Crippen LogP contribution in [0.2, 0.25) is 0 Å². The third-order valence-electron chi connectivity index (χ3n) is 2.15. The van der Waals surface area contributed by atoms with Crippen molar-refractivity contribution in [2.45, 2.75) is 23.9 Å². The Morgan fingerprint density at radius 2 is 2.05 bits per heavy atom. The van der Waals surface area contributed by atoms with Crippen LogP contribution in [0.1, 0.15) is 22.8 Å². The summed E-state index contributed by atoms with van der Waals surface area (Å²) in [5.41, 5.74) is -6.13. The number of carbonyl (C=O) groups excluding carboxylic acids is 1. The number of nitriles is 1. The van der Waals surface area contributed by atoms with Gasteiger partial charge in [-0.15, -0.1) is 0 Å². The summed E-state index contributed by atoms with van der Waals surface area (Å²) >= 11 is -0.693. The Morgan fingerprint density at radius 3 is 2.50 bits per heavy atom. The van der Waals surface area contributed by atoms with Gasteiger partial charge in [0, 0.05) is 4.90 Å². The van der Waals surface area contributed by atoms with E-state index in [-0.39, 0.29) is 6.61 Å². The van der Waals surface area contributed by atoms with Crippen LogP contribution in [0.5, 0.6) is 5.75 Å². The molecular formula is C12H8F5NO3S. The molecule has 0 heterocycles. The van der Waals surface area contributed by atoms with Crippen molar-refractivity contribution < 1.29 is 36.2 Å². The van der Waals surface area contributed by atoms with Crippen molar-refractivity contribution in [2.24, 2.45) is 0 Å². The van der Waals surface area contributed by atoms with Gasteiger partial charge in [-0.3, -0.25) is 0 Å². The Morgan fingerprint density at radius 1 is 1.41 bits per heavy atom. The monoisotopic (exact) mass is 341 g/mol. The van der Waals surface area contributed by atoms with Crippen LogP contribution < -0.4 is 4.74 Å². The molecule has 0 unspecified atom stereocenters. The lowest BCUT2D eigenvalue weighted by atomic mass is 10.1. The molecule has 1 rings (SSSR count). The first-order chi connectivity index (χ1) is 10.2. The SMILES string of the molecule is CCOC(=O)c1c(SC(F)(F)F)ccc(C#N)c1OC(F)F. The largest absolute Gasteiger partial charge is 0.462 e. The topological polar surface area (TPSA) is 59.3 Å². The van der Waals surface area contributed by atoms with Crippen molar-refractivity contribution in [1.82, 2.24) is 0 Å². The highest BCUT2D eigenvalue weighted by Crippen LogP contribution is 2.42. The van der Waals surface area contributed by atoms with E-state index in [2.05, 4.69) is 9.47 Å². The summed E-state index contributed by atoms with van der Waals surface area (Å²) in [7, 11) is 0. The van der Waals surface area contributed by atoms with Gasteiger partial charge < -0.3 is 9.47 Å². The predicted octanol–water partition coefficient (Wildman–Crippen LogP) is 3.95. The molecule has 120 valence electrons. The quantitative estimate of drug-likeness (QED) is 0.461. The lowest BCUT2D eigenvalue weighted by molar-refractivity contribution is -0.0508. The third kappa shape index (κ3) is 4.77. The molecule has 0 spiro atoms. The molecule has 0 aliphatic rings. The number of ether oxygens (including phenoxy) is 2. The molecule has 4 nitrogen and oxygen atoms in total. The van der Waals surface area contributed by atoms with Crippen LogP contribution in [0.4, 0.5) is 22.0 Å². The summed E-state index contributed by atoms with van der Waals surface area (Å²) in [4.78, 5) is 11.1. The molecule has 10 heteroatoms. The second-order valence-corrected chi connectivity index (χ2v) is 4.68. The average Bonchev–Trinajstić information content (AvgIpc) is 2.36. The fraction of sp³-hybridized carbons (Fsp3) is 0.333. The Kier molecular flexibility index (Phi) is 5.99. The van der Waals surface area contributed by atoms with Crippen LogP contribution in [0.3, 0.4) is 0 Å². The minimum absolute atomic E-state index is 0.195. The molecule has 0 aliphatic heterocycles. The van der Waals surface area contributed by atoms with Crippen molar-refractivity contribution in [2.75, 3.05) is 6.61 Å². The molecule has 0 fully saturated rings. The molecule has 0 aromatic heterocycles. The maximum absolute atomic E-state index is 12.5. The van der Waals surface area contributed by atoms with Crippen molar-refractivity contribution >= 4 is 17.7 Å². The minimum Gasteiger partial charge on any atom is -0.462 e. The molecule has 0 amide bonds. The number of benzene rings is 1. The summed E-state index contributed by atoms with van der Waals surface area (Å²) in [5, 5.41) is 8.83. The van der Waals surface area contributed by atoms with Gasteiger partial charge in [-0.05, 0) is 30.8 Å². The van der Waals surface area contributed by atoms with Gasteiger partial charge in [0.25, 0.3) is 0 Å². The maximum Gasteiger partial charge on any atom is 0.446 e. The Balaban J connectivity index is 3.51. The zero-order valence-corrected chi connectivity index (χ0v) is 11.7. The molecule has 0 atom stereocenters. The average molecular weight is 341 g/mol. The summed E-state index contributed by atoms with van der Waals surface area (Å²) < 4.78 is 71.0. The number of alkyl halides is 5. The van der Waals surface area contributed by atoms with E-state index < -0.39 is 51.6 Å². The van der Waals surface area contributed by atoms with Gasteiger partial charge >= 0.3 is 18.1 Å². The molecule has 1 aromatic carbocycles. The van der Waals surface area contributed by atoms with Crippen LogP contribution in [-0.2, 0) is 4.74 Å². The fourth-order valence-electron chi connectivity index (χ4n) is 1.47. The number of hydrogen-bond acceptors (Lipinski definition) is 5. The van der Waals surface area contributed by atoms with Gasteiger partial charge in [-0.1, -0.05) is 0 Å². The first-order valence-corrected chi connectivity index (χ1v) is 6.46. The van der Waals surface area contributed by atoms with Gasteiger partial charge in [0.1, 0.15) is 11.6 Å². The summed E-state index contributed by atoms with van der Waals surface area (Å²) in [6.07, 6.45) is 0. The van der Waals surface area contributed by atoms with Crippen LogP contribution in [0, 0.1) is 11.3 Å². The highest BCUT2D eigenvalue weighted by atomic mass is 32.2. The lowest BCUT2D eigenvalue weighted by Gasteiger charge is -2.16. The van der Waals surface area contributed by atoms with E-state index in [9.17, 15) is 26.7 Å². The van der Waals surface area contributed by atoms with Crippen LogP contribution in [-0.4, -0.2) is 24.7 Å².